The van der Waals surface area contributed by atoms with E-state index in [1.807, 2.05) is 4.90 Å². The highest BCUT2D eigenvalue weighted by atomic mass is 19.1. The smallest absolute Gasteiger partial charge is 0.255 e. The summed E-state index contributed by atoms with van der Waals surface area (Å²) in [7, 11) is 1.65. The van der Waals surface area contributed by atoms with E-state index in [-0.39, 0.29) is 11.3 Å². The largest absolute Gasteiger partial charge is 0.507 e. The molecule has 1 N–H and O–H groups in total. The first-order valence-electron chi connectivity index (χ1n) is 8.72. The summed E-state index contributed by atoms with van der Waals surface area (Å²) in [6, 6.07) is 6.95. The molecule has 1 aliphatic rings. The standard InChI is InChI=1S/C19H18FN5O3/c1-24-18(27)9-15(14-4-5-21-11-22-14)23-19(24)25-6-7-28-17(10-25)13-3-2-12(20)8-16(13)26/h2-5,8-9,11,17,26H,6-7,10H2,1H3. The van der Waals surface area contributed by atoms with E-state index in [9.17, 15) is 14.3 Å². The molecular formula is C19H18FN5O3. The molecule has 1 saturated heterocycles. The molecule has 1 atom stereocenters. The number of phenols is 1. The number of aromatic nitrogens is 4. The summed E-state index contributed by atoms with van der Waals surface area (Å²) in [4.78, 5) is 27.0. The van der Waals surface area contributed by atoms with Gasteiger partial charge in [0.15, 0.2) is 0 Å². The van der Waals surface area contributed by atoms with Crippen LogP contribution in [0.4, 0.5) is 10.3 Å². The van der Waals surface area contributed by atoms with Crippen LogP contribution in [0.3, 0.4) is 0 Å². The van der Waals surface area contributed by atoms with Crippen molar-refractivity contribution in [1.82, 2.24) is 19.5 Å². The van der Waals surface area contributed by atoms with Crippen LogP contribution < -0.4 is 10.5 Å². The van der Waals surface area contributed by atoms with Crippen molar-refractivity contribution in [3.8, 4) is 17.1 Å². The van der Waals surface area contributed by atoms with Crippen LogP contribution in [0.1, 0.15) is 11.7 Å². The highest BCUT2D eigenvalue weighted by Crippen LogP contribution is 2.31. The molecule has 0 saturated carbocycles. The SMILES string of the molecule is Cn1c(N2CCOC(c3ccc(F)cc3O)C2)nc(-c2ccncn2)cc1=O. The first-order chi connectivity index (χ1) is 13.5. The zero-order valence-electron chi connectivity index (χ0n) is 15.1. The van der Waals surface area contributed by atoms with Crippen molar-refractivity contribution in [2.75, 3.05) is 24.6 Å². The molecule has 0 radical (unpaired) electrons. The maximum absolute atomic E-state index is 13.3. The molecular weight excluding hydrogens is 365 g/mol. The van der Waals surface area contributed by atoms with Gasteiger partial charge in [0.25, 0.3) is 5.56 Å². The molecule has 3 aromatic rings. The van der Waals surface area contributed by atoms with Gasteiger partial charge in [-0.3, -0.25) is 9.36 Å². The van der Waals surface area contributed by atoms with Crippen molar-refractivity contribution < 1.29 is 14.2 Å². The lowest BCUT2D eigenvalue weighted by molar-refractivity contribution is 0.0374. The second kappa shape index (κ2) is 7.35. The summed E-state index contributed by atoms with van der Waals surface area (Å²) in [5.74, 6) is -0.213. The Morgan fingerprint density at radius 3 is 2.86 bits per heavy atom. The van der Waals surface area contributed by atoms with Crippen LogP contribution in [-0.2, 0) is 11.8 Å². The van der Waals surface area contributed by atoms with Crippen molar-refractivity contribution in [2.24, 2.45) is 7.05 Å². The molecule has 4 rings (SSSR count). The molecule has 1 aliphatic heterocycles. The van der Waals surface area contributed by atoms with E-state index < -0.39 is 11.9 Å². The van der Waals surface area contributed by atoms with Crippen LogP contribution in [0, 0.1) is 5.82 Å². The summed E-state index contributed by atoms with van der Waals surface area (Å²) < 4.78 is 20.5. The highest BCUT2D eigenvalue weighted by Gasteiger charge is 2.27. The normalized spacial score (nSPS) is 16.9. The molecule has 8 nitrogen and oxygen atoms in total. The zero-order valence-corrected chi connectivity index (χ0v) is 15.1. The molecule has 2 aromatic heterocycles. The van der Waals surface area contributed by atoms with Crippen LogP contribution in [0.15, 0.2) is 47.7 Å². The second-order valence-electron chi connectivity index (χ2n) is 6.44. The molecule has 28 heavy (non-hydrogen) atoms. The minimum absolute atomic E-state index is 0.163. The minimum atomic E-state index is -0.518. The summed E-state index contributed by atoms with van der Waals surface area (Å²) >= 11 is 0. The average molecular weight is 383 g/mol. The number of rotatable bonds is 3. The lowest BCUT2D eigenvalue weighted by atomic mass is 10.1. The topological polar surface area (TPSA) is 93.4 Å². The van der Waals surface area contributed by atoms with Gasteiger partial charge in [0.2, 0.25) is 5.95 Å². The number of hydrogen-bond donors (Lipinski definition) is 1. The Hall–Kier alpha value is -3.33. The maximum Gasteiger partial charge on any atom is 0.255 e. The summed E-state index contributed by atoms with van der Waals surface area (Å²) in [6.45, 7) is 1.24. The molecule has 0 amide bonds. The average Bonchev–Trinajstić information content (AvgIpc) is 2.70. The fraction of sp³-hybridized carbons (Fsp3) is 0.263. The Kier molecular flexibility index (Phi) is 4.74. The number of anilines is 1. The fourth-order valence-corrected chi connectivity index (χ4v) is 3.19. The van der Waals surface area contributed by atoms with Crippen molar-refractivity contribution in [1.29, 1.82) is 0 Å². The van der Waals surface area contributed by atoms with E-state index in [2.05, 4.69) is 15.0 Å². The number of ether oxygens (including phenoxy) is 1. The Morgan fingerprint density at radius 1 is 1.25 bits per heavy atom. The van der Waals surface area contributed by atoms with Gasteiger partial charge in [-0.2, -0.15) is 0 Å². The molecule has 0 spiro atoms. The van der Waals surface area contributed by atoms with E-state index in [4.69, 9.17) is 4.74 Å². The predicted octanol–water partition coefficient (Wildman–Crippen LogP) is 1.66. The Balaban J connectivity index is 1.68. The van der Waals surface area contributed by atoms with Crippen molar-refractivity contribution >= 4 is 5.95 Å². The van der Waals surface area contributed by atoms with Crippen LogP contribution >= 0.6 is 0 Å². The van der Waals surface area contributed by atoms with Gasteiger partial charge in [0.05, 0.1) is 24.5 Å². The Morgan fingerprint density at radius 2 is 2.11 bits per heavy atom. The van der Waals surface area contributed by atoms with Crippen LogP contribution in [-0.4, -0.2) is 44.3 Å². The third-order valence-corrected chi connectivity index (χ3v) is 4.64. The third-order valence-electron chi connectivity index (χ3n) is 4.64. The quantitative estimate of drug-likeness (QED) is 0.735. The minimum Gasteiger partial charge on any atom is -0.507 e. The molecule has 0 aliphatic carbocycles. The van der Waals surface area contributed by atoms with Crippen LogP contribution in [0.2, 0.25) is 0 Å². The number of benzene rings is 1. The zero-order chi connectivity index (χ0) is 19.7. The Labute approximate surface area is 159 Å². The van der Waals surface area contributed by atoms with E-state index >= 15 is 0 Å². The van der Waals surface area contributed by atoms with E-state index in [1.54, 1.807) is 19.3 Å². The van der Waals surface area contributed by atoms with E-state index in [0.29, 0.717) is 42.6 Å². The maximum atomic E-state index is 13.3. The number of halogens is 1. The summed E-state index contributed by atoms with van der Waals surface area (Å²) in [6.07, 6.45) is 2.51. The van der Waals surface area contributed by atoms with Gasteiger partial charge < -0.3 is 14.7 Å². The molecule has 1 fully saturated rings. The molecule has 9 heteroatoms. The highest BCUT2D eigenvalue weighted by molar-refractivity contribution is 5.55. The molecule has 0 bridgehead atoms. The van der Waals surface area contributed by atoms with Gasteiger partial charge in [-0.1, -0.05) is 0 Å². The van der Waals surface area contributed by atoms with Gasteiger partial charge in [0, 0.05) is 37.5 Å². The number of aromatic hydroxyl groups is 1. The first kappa shape index (κ1) is 18.1. The van der Waals surface area contributed by atoms with Crippen molar-refractivity contribution in [3.05, 3.63) is 64.6 Å². The summed E-state index contributed by atoms with van der Waals surface area (Å²) in [5.41, 5.74) is 1.28. The van der Waals surface area contributed by atoms with Gasteiger partial charge in [-0.15, -0.1) is 0 Å². The lowest BCUT2D eigenvalue weighted by Crippen LogP contribution is -2.41. The number of phenolic OH excluding ortho intramolecular Hbond substituents is 1. The summed E-state index contributed by atoms with van der Waals surface area (Å²) in [5, 5.41) is 10.1. The van der Waals surface area contributed by atoms with Crippen molar-refractivity contribution in [3.63, 3.8) is 0 Å². The van der Waals surface area contributed by atoms with E-state index in [0.717, 1.165) is 6.07 Å². The van der Waals surface area contributed by atoms with Gasteiger partial charge in [-0.05, 0) is 18.2 Å². The van der Waals surface area contributed by atoms with Crippen LogP contribution in [0.25, 0.3) is 11.4 Å². The van der Waals surface area contributed by atoms with Crippen LogP contribution in [0.5, 0.6) is 5.75 Å². The molecule has 3 heterocycles. The molecule has 1 aromatic carbocycles. The van der Waals surface area contributed by atoms with Gasteiger partial charge in [-0.25, -0.2) is 19.3 Å². The third kappa shape index (κ3) is 3.44. The molecule has 1 unspecified atom stereocenters. The van der Waals surface area contributed by atoms with Gasteiger partial charge >= 0.3 is 0 Å². The number of hydrogen-bond acceptors (Lipinski definition) is 7. The molecule has 144 valence electrons. The monoisotopic (exact) mass is 383 g/mol. The predicted molar refractivity (Wildman–Crippen MR) is 99.5 cm³/mol. The lowest BCUT2D eigenvalue weighted by Gasteiger charge is -2.34. The van der Waals surface area contributed by atoms with E-state index in [1.165, 1.54) is 29.1 Å². The second-order valence-corrected chi connectivity index (χ2v) is 6.44. The fourth-order valence-electron chi connectivity index (χ4n) is 3.19. The number of nitrogens with zero attached hydrogens (tertiary/aromatic N) is 5. The Bertz CT molecular complexity index is 1060. The van der Waals surface area contributed by atoms with Crippen molar-refractivity contribution in [2.45, 2.75) is 6.10 Å². The number of morpholine rings is 1. The van der Waals surface area contributed by atoms with Gasteiger partial charge in [0.1, 0.15) is 24.0 Å². The first-order valence-corrected chi connectivity index (χ1v) is 8.72.